The van der Waals surface area contributed by atoms with Gasteiger partial charge in [-0.1, -0.05) is 12.1 Å². The predicted molar refractivity (Wildman–Crippen MR) is 139 cm³/mol. The first-order valence-corrected chi connectivity index (χ1v) is 12.8. The summed E-state index contributed by atoms with van der Waals surface area (Å²) >= 11 is 0. The SMILES string of the molecule is CNCCCCOc1ccc(C(C)N2CCCC2CCNC(=O)c2cccc(C)n2)c(C)c1C. The number of benzene rings is 1. The van der Waals surface area contributed by atoms with Crippen LogP contribution in [0.15, 0.2) is 30.3 Å². The van der Waals surface area contributed by atoms with E-state index in [1.54, 1.807) is 6.07 Å². The second-order valence-electron chi connectivity index (χ2n) is 9.48. The summed E-state index contributed by atoms with van der Waals surface area (Å²) in [6.45, 7) is 12.2. The molecule has 2 heterocycles. The molecule has 1 aliphatic heterocycles. The van der Waals surface area contributed by atoms with E-state index in [0.29, 0.717) is 24.3 Å². The number of aromatic nitrogens is 1. The van der Waals surface area contributed by atoms with Gasteiger partial charge < -0.3 is 15.4 Å². The number of aryl methyl sites for hydroxylation is 1. The van der Waals surface area contributed by atoms with Crippen LogP contribution in [0.25, 0.3) is 0 Å². The monoisotopic (exact) mass is 466 g/mol. The average Bonchev–Trinajstić information content (AvgIpc) is 3.29. The van der Waals surface area contributed by atoms with E-state index >= 15 is 0 Å². The molecule has 2 N–H and O–H groups in total. The highest BCUT2D eigenvalue weighted by Gasteiger charge is 2.30. The van der Waals surface area contributed by atoms with Crippen LogP contribution in [-0.4, -0.2) is 55.1 Å². The number of carbonyl (C=O) groups is 1. The molecule has 0 radical (unpaired) electrons. The van der Waals surface area contributed by atoms with Gasteiger partial charge in [0.2, 0.25) is 0 Å². The Morgan fingerprint density at radius 1 is 1.15 bits per heavy atom. The van der Waals surface area contributed by atoms with Gasteiger partial charge in [-0.15, -0.1) is 0 Å². The number of ether oxygens (including phenoxy) is 1. The number of pyridine rings is 1. The maximum absolute atomic E-state index is 12.4. The van der Waals surface area contributed by atoms with Crippen LogP contribution in [0.3, 0.4) is 0 Å². The Hall–Kier alpha value is -2.44. The Morgan fingerprint density at radius 3 is 2.74 bits per heavy atom. The third kappa shape index (κ3) is 6.80. The quantitative estimate of drug-likeness (QED) is 0.443. The van der Waals surface area contributed by atoms with Crippen molar-refractivity contribution in [1.29, 1.82) is 0 Å². The fraction of sp³-hybridized carbons (Fsp3) is 0.571. The van der Waals surface area contributed by atoms with Crippen LogP contribution in [0.2, 0.25) is 0 Å². The highest BCUT2D eigenvalue weighted by Crippen LogP contribution is 2.35. The summed E-state index contributed by atoms with van der Waals surface area (Å²) in [5.41, 5.74) is 5.29. The van der Waals surface area contributed by atoms with Crippen molar-refractivity contribution in [2.24, 2.45) is 0 Å². The molecular formula is C28H42N4O2. The lowest BCUT2D eigenvalue weighted by atomic mass is 9.96. The number of nitrogens with one attached hydrogen (secondary N) is 2. The van der Waals surface area contributed by atoms with E-state index in [1.165, 1.54) is 29.5 Å². The molecule has 34 heavy (non-hydrogen) atoms. The van der Waals surface area contributed by atoms with Crippen molar-refractivity contribution >= 4 is 5.91 Å². The second kappa shape index (κ2) is 12.9. The Bertz CT molecular complexity index is 946. The number of hydrogen-bond acceptors (Lipinski definition) is 5. The molecule has 1 fully saturated rings. The molecular weight excluding hydrogens is 424 g/mol. The Labute approximate surface area is 205 Å². The van der Waals surface area contributed by atoms with Crippen molar-refractivity contribution in [3.8, 4) is 5.75 Å². The lowest BCUT2D eigenvalue weighted by Gasteiger charge is -2.32. The summed E-state index contributed by atoms with van der Waals surface area (Å²) < 4.78 is 6.08. The molecule has 1 aromatic carbocycles. The molecule has 3 rings (SSSR count). The van der Waals surface area contributed by atoms with Crippen LogP contribution in [-0.2, 0) is 0 Å². The predicted octanol–water partition coefficient (Wildman–Crippen LogP) is 4.73. The molecule has 0 bridgehead atoms. The first-order chi connectivity index (χ1) is 16.4. The van der Waals surface area contributed by atoms with Gasteiger partial charge in [-0.25, -0.2) is 4.98 Å². The molecule has 1 aliphatic rings. The summed E-state index contributed by atoms with van der Waals surface area (Å²) in [4.78, 5) is 19.4. The summed E-state index contributed by atoms with van der Waals surface area (Å²) in [6.07, 6.45) is 5.52. The lowest BCUT2D eigenvalue weighted by Crippen LogP contribution is -2.36. The topological polar surface area (TPSA) is 66.5 Å². The van der Waals surface area contributed by atoms with Crippen molar-refractivity contribution in [2.75, 3.05) is 33.3 Å². The highest BCUT2D eigenvalue weighted by molar-refractivity contribution is 5.92. The number of carbonyl (C=O) groups excluding carboxylic acids is 1. The minimum Gasteiger partial charge on any atom is -0.493 e. The van der Waals surface area contributed by atoms with Crippen molar-refractivity contribution < 1.29 is 9.53 Å². The van der Waals surface area contributed by atoms with Gasteiger partial charge in [0.25, 0.3) is 5.91 Å². The van der Waals surface area contributed by atoms with Gasteiger partial charge in [-0.2, -0.15) is 0 Å². The van der Waals surface area contributed by atoms with Crippen LogP contribution in [0, 0.1) is 20.8 Å². The van der Waals surface area contributed by atoms with Gasteiger partial charge in [0.1, 0.15) is 11.4 Å². The summed E-state index contributed by atoms with van der Waals surface area (Å²) in [7, 11) is 1.98. The molecule has 2 atom stereocenters. The number of unbranched alkanes of at least 4 members (excludes halogenated alkanes) is 1. The fourth-order valence-corrected chi connectivity index (χ4v) is 4.98. The zero-order chi connectivity index (χ0) is 24.5. The van der Waals surface area contributed by atoms with Gasteiger partial charge in [-0.3, -0.25) is 9.69 Å². The summed E-state index contributed by atoms with van der Waals surface area (Å²) in [6, 6.07) is 10.8. The maximum atomic E-state index is 12.4. The van der Waals surface area contributed by atoms with Gasteiger partial charge in [0, 0.05) is 24.3 Å². The minimum absolute atomic E-state index is 0.0886. The number of nitrogens with zero attached hydrogens (tertiary/aromatic N) is 2. The molecule has 6 nitrogen and oxygen atoms in total. The summed E-state index contributed by atoms with van der Waals surface area (Å²) in [5, 5.41) is 6.24. The van der Waals surface area contributed by atoms with Crippen LogP contribution in [0.5, 0.6) is 5.75 Å². The zero-order valence-corrected chi connectivity index (χ0v) is 21.6. The second-order valence-corrected chi connectivity index (χ2v) is 9.48. The molecule has 1 aromatic heterocycles. The number of amides is 1. The van der Waals surface area contributed by atoms with Crippen molar-refractivity contribution in [1.82, 2.24) is 20.5 Å². The standard InChI is InChI=1S/C28H42N4O2/c1-20-10-8-12-26(31-20)28(33)30-17-15-24-11-9-18-32(24)23(4)25-13-14-27(22(3)21(25)2)34-19-7-6-16-29-5/h8,10,12-14,23-24,29H,6-7,9,11,15-19H2,1-5H3,(H,30,33). The third-order valence-electron chi connectivity index (χ3n) is 7.11. The van der Waals surface area contributed by atoms with Crippen LogP contribution < -0.4 is 15.4 Å². The Kier molecular flexibility index (Phi) is 9.90. The minimum atomic E-state index is -0.0886. The third-order valence-corrected chi connectivity index (χ3v) is 7.11. The number of rotatable bonds is 12. The van der Waals surface area contributed by atoms with E-state index < -0.39 is 0 Å². The normalized spacial score (nSPS) is 17.0. The molecule has 0 aliphatic carbocycles. The molecule has 2 aromatic rings. The van der Waals surface area contributed by atoms with Crippen molar-refractivity contribution in [3.63, 3.8) is 0 Å². The van der Waals surface area contributed by atoms with Gasteiger partial charge in [0.15, 0.2) is 0 Å². The maximum Gasteiger partial charge on any atom is 0.269 e. The van der Waals surface area contributed by atoms with E-state index in [9.17, 15) is 4.79 Å². The van der Waals surface area contributed by atoms with Crippen molar-refractivity contribution in [3.05, 3.63) is 58.4 Å². The average molecular weight is 467 g/mol. The smallest absolute Gasteiger partial charge is 0.269 e. The molecule has 1 amide bonds. The Balaban J connectivity index is 1.56. The van der Waals surface area contributed by atoms with E-state index in [0.717, 1.165) is 50.4 Å². The van der Waals surface area contributed by atoms with Gasteiger partial charge >= 0.3 is 0 Å². The first-order valence-electron chi connectivity index (χ1n) is 12.8. The molecule has 6 heteroatoms. The molecule has 1 saturated heterocycles. The largest absolute Gasteiger partial charge is 0.493 e. The highest BCUT2D eigenvalue weighted by atomic mass is 16.5. The lowest BCUT2D eigenvalue weighted by molar-refractivity contribution is 0.0942. The van der Waals surface area contributed by atoms with Gasteiger partial charge in [0.05, 0.1) is 6.61 Å². The van der Waals surface area contributed by atoms with Gasteiger partial charge in [-0.05, 0) is 115 Å². The van der Waals surface area contributed by atoms with Crippen molar-refractivity contribution in [2.45, 2.75) is 71.9 Å². The van der Waals surface area contributed by atoms with E-state index in [4.69, 9.17) is 4.74 Å². The summed E-state index contributed by atoms with van der Waals surface area (Å²) in [5.74, 6) is 0.915. The number of hydrogen-bond donors (Lipinski definition) is 2. The van der Waals surface area contributed by atoms with E-state index in [1.807, 2.05) is 26.1 Å². The van der Waals surface area contributed by atoms with E-state index in [2.05, 4.69) is 53.4 Å². The van der Waals surface area contributed by atoms with Crippen LogP contribution in [0.1, 0.15) is 77.9 Å². The number of likely N-dealkylation sites (tertiary alicyclic amines) is 1. The first kappa shape index (κ1) is 26.2. The zero-order valence-electron chi connectivity index (χ0n) is 21.6. The Morgan fingerprint density at radius 2 is 1.97 bits per heavy atom. The molecule has 0 saturated carbocycles. The van der Waals surface area contributed by atoms with Crippen LogP contribution >= 0.6 is 0 Å². The molecule has 186 valence electrons. The molecule has 0 spiro atoms. The van der Waals surface area contributed by atoms with E-state index in [-0.39, 0.29) is 5.91 Å². The molecule has 2 unspecified atom stereocenters. The fourth-order valence-electron chi connectivity index (χ4n) is 4.98. The van der Waals surface area contributed by atoms with Crippen LogP contribution in [0.4, 0.5) is 0 Å².